The molecule has 19 heavy (non-hydrogen) atoms. The van der Waals surface area contributed by atoms with Gasteiger partial charge >= 0.3 is 0 Å². The average Bonchev–Trinajstić information content (AvgIpc) is 2.48. The van der Waals surface area contributed by atoms with E-state index in [1.807, 2.05) is 60.7 Å². The van der Waals surface area contributed by atoms with Crippen molar-refractivity contribution in [1.82, 2.24) is 5.32 Å². The van der Waals surface area contributed by atoms with Crippen LogP contribution < -0.4 is 11.1 Å². The summed E-state index contributed by atoms with van der Waals surface area (Å²) in [5.41, 5.74) is 7.88. The molecule has 3 N–H and O–H groups in total. The van der Waals surface area contributed by atoms with Gasteiger partial charge in [-0.15, -0.1) is 0 Å². The lowest BCUT2D eigenvalue weighted by atomic mass is 10.1. The number of amidine groups is 2. The van der Waals surface area contributed by atoms with Crippen LogP contribution in [0.2, 0.25) is 0 Å². The molecule has 94 valence electrons. The van der Waals surface area contributed by atoms with E-state index in [0.717, 1.165) is 17.0 Å². The third kappa shape index (κ3) is 2.53. The fourth-order valence-corrected chi connectivity index (χ4v) is 1.94. The molecule has 2 aromatic rings. The minimum atomic E-state index is -0.470. The molecule has 4 heteroatoms. The van der Waals surface area contributed by atoms with Gasteiger partial charge < -0.3 is 5.32 Å². The molecule has 1 atom stereocenters. The second-order valence-electron chi connectivity index (χ2n) is 4.23. The Bertz CT molecular complexity index is 617. The molecule has 1 aliphatic rings. The lowest BCUT2D eigenvalue weighted by molar-refractivity contribution is 0.659. The Morgan fingerprint density at radius 2 is 1.42 bits per heavy atom. The van der Waals surface area contributed by atoms with E-state index in [9.17, 15) is 0 Å². The van der Waals surface area contributed by atoms with Crippen LogP contribution >= 0.6 is 0 Å². The van der Waals surface area contributed by atoms with Crippen molar-refractivity contribution in [2.75, 3.05) is 0 Å². The van der Waals surface area contributed by atoms with Crippen molar-refractivity contribution in [3.05, 3.63) is 71.8 Å². The van der Waals surface area contributed by atoms with E-state index in [1.54, 1.807) is 0 Å². The monoisotopic (exact) mass is 250 g/mol. The first-order chi connectivity index (χ1) is 9.33. The zero-order valence-electron chi connectivity index (χ0n) is 10.3. The molecule has 3 rings (SSSR count). The Labute approximate surface area is 111 Å². The van der Waals surface area contributed by atoms with E-state index in [2.05, 4.69) is 15.3 Å². The molecule has 0 aliphatic carbocycles. The first kappa shape index (κ1) is 11.6. The van der Waals surface area contributed by atoms with E-state index >= 15 is 0 Å². The maximum Gasteiger partial charge on any atom is 0.174 e. The van der Waals surface area contributed by atoms with Crippen molar-refractivity contribution >= 4 is 11.7 Å². The number of hydrogen-bond acceptors (Lipinski definition) is 4. The number of benzene rings is 2. The number of nitrogens with zero attached hydrogens (tertiary/aromatic N) is 2. The SMILES string of the molecule is N[C@@H]1N=C(c2ccccc2)N=C(c2ccccc2)N1. The average molecular weight is 250 g/mol. The van der Waals surface area contributed by atoms with E-state index in [0.29, 0.717) is 5.84 Å². The minimum Gasteiger partial charge on any atom is -0.336 e. The third-order valence-corrected chi connectivity index (χ3v) is 2.84. The minimum absolute atomic E-state index is 0.470. The van der Waals surface area contributed by atoms with Crippen molar-refractivity contribution < 1.29 is 0 Å². The maximum atomic E-state index is 5.91. The quantitative estimate of drug-likeness (QED) is 0.852. The van der Waals surface area contributed by atoms with Gasteiger partial charge in [-0.1, -0.05) is 60.7 Å². The van der Waals surface area contributed by atoms with Crippen LogP contribution in [0.5, 0.6) is 0 Å². The largest absolute Gasteiger partial charge is 0.336 e. The first-order valence-corrected chi connectivity index (χ1v) is 6.12. The van der Waals surface area contributed by atoms with Crippen molar-refractivity contribution in [3.8, 4) is 0 Å². The highest BCUT2D eigenvalue weighted by molar-refractivity contribution is 6.12. The highest BCUT2D eigenvalue weighted by Gasteiger charge is 2.15. The maximum absolute atomic E-state index is 5.91. The Hall–Kier alpha value is -2.46. The molecule has 1 aliphatic heterocycles. The highest BCUT2D eigenvalue weighted by Crippen LogP contribution is 2.09. The number of nitrogens with one attached hydrogen (secondary N) is 1. The summed E-state index contributed by atoms with van der Waals surface area (Å²) in [5, 5.41) is 3.07. The molecule has 4 nitrogen and oxygen atoms in total. The summed E-state index contributed by atoms with van der Waals surface area (Å²) in [6.07, 6.45) is -0.470. The Balaban J connectivity index is 2.00. The summed E-state index contributed by atoms with van der Waals surface area (Å²) in [6, 6.07) is 19.7. The van der Waals surface area contributed by atoms with Gasteiger partial charge in [0.1, 0.15) is 5.84 Å². The summed E-state index contributed by atoms with van der Waals surface area (Å²) in [6.45, 7) is 0. The molecule has 2 aromatic carbocycles. The lowest BCUT2D eigenvalue weighted by Gasteiger charge is -2.19. The second kappa shape index (κ2) is 5.04. The van der Waals surface area contributed by atoms with Gasteiger partial charge in [0.2, 0.25) is 0 Å². The number of hydrogen-bond donors (Lipinski definition) is 2. The van der Waals surface area contributed by atoms with Crippen LogP contribution in [-0.2, 0) is 0 Å². The smallest absolute Gasteiger partial charge is 0.174 e. The van der Waals surface area contributed by atoms with Gasteiger partial charge in [0, 0.05) is 11.1 Å². The van der Waals surface area contributed by atoms with Crippen LogP contribution in [0.1, 0.15) is 11.1 Å². The van der Waals surface area contributed by atoms with Gasteiger partial charge in [-0.05, 0) is 0 Å². The van der Waals surface area contributed by atoms with Crippen LogP contribution in [0.3, 0.4) is 0 Å². The molecule has 0 bridgehead atoms. The van der Waals surface area contributed by atoms with E-state index < -0.39 is 6.29 Å². The van der Waals surface area contributed by atoms with Crippen LogP contribution in [0, 0.1) is 0 Å². The van der Waals surface area contributed by atoms with Crippen LogP contribution in [0.4, 0.5) is 0 Å². The summed E-state index contributed by atoms with van der Waals surface area (Å²) in [5.74, 6) is 1.41. The zero-order chi connectivity index (χ0) is 13.1. The lowest BCUT2D eigenvalue weighted by Crippen LogP contribution is -2.44. The van der Waals surface area contributed by atoms with Gasteiger partial charge in [-0.3, -0.25) is 5.73 Å². The third-order valence-electron chi connectivity index (χ3n) is 2.84. The molecule has 0 unspecified atom stereocenters. The van der Waals surface area contributed by atoms with Crippen molar-refractivity contribution in [2.24, 2.45) is 15.7 Å². The fourth-order valence-electron chi connectivity index (χ4n) is 1.94. The molecule has 1 heterocycles. The Morgan fingerprint density at radius 1 is 0.842 bits per heavy atom. The molecule has 0 amide bonds. The molecule has 0 saturated carbocycles. The number of rotatable bonds is 2. The number of aliphatic imine (C=N–C) groups is 2. The molecule has 0 radical (unpaired) electrons. The van der Waals surface area contributed by atoms with E-state index in [-0.39, 0.29) is 0 Å². The highest BCUT2D eigenvalue weighted by atomic mass is 15.3. The summed E-state index contributed by atoms with van der Waals surface area (Å²) < 4.78 is 0. The van der Waals surface area contributed by atoms with Gasteiger partial charge in [0.05, 0.1) is 0 Å². The van der Waals surface area contributed by atoms with E-state index in [1.165, 1.54) is 0 Å². The van der Waals surface area contributed by atoms with Gasteiger partial charge in [0.15, 0.2) is 12.1 Å². The second-order valence-corrected chi connectivity index (χ2v) is 4.23. The zero-order valence-corrected chi connectivity index (χ0v) is 10.3. The summed E-state index contributed by atoms with van der Waals surface area (Å²) in [7, 11) is 0. The summed E-state index contributed by atoms with van der Waals surface area (Å²) >= 11 is 0. The first-order valence-electron chi connectivity index (χ1n) is 6.12. The molecule has 0 fully saturated rings. The van der Waals surface area contributed by atoms with Gasteiger partial charge in [-0.25, -0.2) is 9.98 Å². The van der Waals surface area contributed by atoms with Crippen LogP contribution in [0.25, 0.3) is 0 Å². The molecule has 0 spiro atoms. The van der Waals surface area contributed by atoms with Gasteiger partial charge in [0.25, 0.3) is 0 Å². The van der Waals surface area contributed by atoms with Gasteiger partial charge in [-0.2, -0.15) is 0 Å². The topological polar surface area (TPSA) is 62.8 Å². The standard InChI is InChI=1S/C15H14N4/c16-15-18-13(11-7-3-1-4-8-11)17-14(19-15)12-9-5-2-6-10-12/h1-10,15H,16H2,(H,17,18,19). The van der Waals surface area contributed by atoms with Crippen molar-refractivity contribution in [1.29, 1.82) is 0 Å². The predicted molar refractivity (Wildman–Crippen MR) is 77.1 cm³/mol. The molecule has 0 aromatic heterocycles. The molecular weight excluding hydrogens is 236 g/mol. The fraction of sp³-hybridized carbons (Fsp3) is 0.0667. The van der Waals surface area contributed by atoms with Crippen LogP contribution in [-0.4, -0.2) is 18.0 Å². The van der Waals surface area contributed by atoms with E-state index in [4.69, 9.17) is 5.73 Å². The van der Waals surface area contributed by atoms with Crippen molar-refractivity contribution in [2.45, 2.75) is 6.29 Å². The number of nitrogens with two attached hydrogens (primary N) is 1. The molecule has 0 saturated heterocycles. The van der Waals surface area contributed by atoms with Crippen LogP contribution in [0.15, 0.2) is 70.6 Å². The van der Waals surface area contributed by atoms with Crippen molar-refractivity contribution in [3.63, 3.8) is 0 Å². The Kier molecular flexibility index (Phi) is 3.08. The molecular formula is C15H14N4. The summed E-state index contributed by atoms with van der Waals surface area (Å²) in [4.78, 5) is 8.87. The normalized spacial score (nSPS) is 18.3. The predicted octanol–water partition coefficient (Wildman–Crippen LogP) is 1.73. The Morgan fingerprint density at radius 3 is 2.05 bits per heavy atom.